The number of aryl methyl sites for hydroxylation is 3. The minimum absolute atomic E-state index is 0.700. The van der Waals surface area contributed by atoms with Gasteiger partial charge >= 0.3 is 0 Å². The number of rotatable bonds is 6. The van der Waals surface area contributed by atoms with E-state index in [1.165, 1.54) is 21.6 Å². The molecule has 0 unspecified atom stereocenters. The van der Waals surface area contributed by atoms with Crippen LogP contribution in [0.1, 0.15) is 21.8 Å². The Morgan fingerprint density at radius 2 is 1.97 bits per heavy atom. The number of fused-ring (bicyclic) bond motifs is 1. The predicted octanol–water partition coefficient (Wildman–Crippen LogP) is 4.15. The second kappa shape index (κ2) is 8.97. The van der Waals surface area contributed by atoms with Crippen LogP contribution in [0.25, 0.3) is 21.3 Å². The quantitative estimate of drug-likeness (QED) is 0.478. The van der Waals surface area contributed by atoms with E-state index in [0.29, 0.717) is 6.54 Å². The zero-order valence-electron chi connectivity index (χ0n) is 18.8. The molecule has 0 amide bonds. The van der Waals surface area contributed by atoms with Crippen molar-refractivity contribution in [3.63, 3.8) is 0 Å². The molecule has 4 heterocycles. The van der Waals surface area contributed by atoms with Gasteiger partial charge in [0.15, 0.2) is 0 Å². The number of benzene rings is 1. The molecule has 8 heteroatoms. The maximum absolute atomic E-state index is 5.48. The normalized spacial score (nSPS) is 14.8. The molecule has 0 atom stereocenters. The van der Waals surface area contributed by atoms with E-state index in [1.54, 1.807) is 11.3 Å². The zero-order valence-corrected chi connectivity index (χ0v) is 19.6. The van der Waals surface area contributed by atoms with Crippen molar-refractivity contribution in [2.24, 2.45) is 7.05 Å². The van der Waals surface area contributed by atoms with Crippen LogP contribution in [0.2, 0.25) is 0 Å². The Morgan fingerprint density at radius 3 is 2.75 bits per heavy atom. The third-order valence-corrected chi connectivity index (χ3v) is 7.07. The van der Waals surface area contributed by atoms with Gasteiger partial charge < -0.3 is 10.1 Å². The van der Waals surface area contributed by atoms with Gasteiger partial charge in [-0.15, -0.1) is 11.3 Å². The maximum Gasteiger partial charge on any atom is 0.146 e. The summed E-state index contributed by atoms with van der Waals surface area (Å²) in [6.45, 7) is 9.17. The van der Waals surface area contributed by atoms with E-state index >= 15 is 0 Å². The first kappa shape index (κ1) is 21.1. The molecule has 1 aliphatic heterocycles. The topological polar surface area (TPSA) is 68.1 Å². The number of ether oxygens (including phenoxy) is 1. The van der Waals surface area contributed by atoms with Crippen molar-refractivity contribution in [3.05, 3.63) is 58.5 Å². The SMILES string of the molecule is Cc1sc2nc(CN3CCOCC3)nc(NCc3cccc(-c4cnn(C)c4)c3)c2c1C. The molecule has 5 rings (SSSR count). The van der Waals surface area contributed by atoms with Gasteiger partial charge in [0.05, 0.1) is 31.3 Å². The van der Waals surface area contributed by atoms with Gasteiger partial charge in [0, 0.05) is 43.3 Å². The Morgan fingerprint density at radius 1 is 1.12 bits per heavy atom. The number of nitrogens with one attached hydrogen (secondary N) is 1. The summed E-state index contributed by atoms with van der Waals surface area (Å²) in [5, 5.41) is 9.05. The largest absolute Gasteiger partial charge is 0.379 e. The van der Waals surface area contributed by atoms with Crippen molar-refractivity contribution in [1.29, 1.82) is 0 Å². The van der Waals surface area contributed by atoms with Gasteiger partial charge in [0.25, 0.3) is 0 Å². The lowest BCUT2D eigenvalue weighted by Crippen LogP contribution is -2.36. The fraction of sp³-hybridized carbons (Fsp3) is 0.375. The van der Waals surface area contributed by atoms with Gasteiger partial charge in [-0.05, 0) is 36.6 Å². The molecule has 1 aliphatic rings. The van der Waals surface area contributed by atoms with E-state index in [1.807, 2.05) is 24.1 Å². The van der Waals surface area contributed by atoms with Crippen LogP contribution in [0.15, 0.2) is 36.7 Å². The Hall–Kier alpha value is -2.81. The molecule has 1 saturated heterocycles. The van der Waals surface area contributed by atoms with E-state index in [9.17, 15) is 0 Å². The summed E-state index contributed by atoms with van der Waals surface area (Å²) >= 11 is 1.75. The van der Waals surface area contributed by atoms with Gasteiger partial charge in [-0.3, -0.25) is 9.58 Å². The third-order valence-electron chi connectivity index (χ3n) is 5.97. The van der Waals surface area contributed by atoms with Gasteiger partial charge in [0.1, 0.15) is 16.5 Å². The highest BCUT2D eigenvalue weighted by atomic mass is 32.1. The molecule has 3 aromatic heterocycles. The number of thiophene rings is 1. The number of hydrogen-bond donors (Lipinski definition) is 1. The molecule has 0 bridgehead atoms. The molecular formula is C24H28N6OS. The fourth-order valence-electron chi connectivity index (χ4n) is 4.07. The van der Waals surface area contributed by atoms with Crippen molar-refractivity contribution in [2.45, 2.75) is 26.9 Å². The Balaban J connectivity index is 1.41. The summed E-state index contributed by atoms with van der Waals surface area (Å²) in [5.74, 6) is 1.79. The zero-order chi connectivity index (χ0) is 22.1. The summed E-state index contributed by atoms with van der Waals surface area (Å²) in [6.07, 6.45) is 3.94. The number of hydrogen-bond acceptors (Lipinski definition) is 7. The molecule has 4 aromatic rings. The molecule has 1 aromatic carbocycles. The first-order valence-electron chi connectivity index (χ1n) is 11.0. The highest BCUT2D eigenvalue weighted by molar-refractivity contribution is 7.18. The van der Waals surface area contributed by atoms with Gasteiger partial charge in [-0.25, -0.2) is 9.97 Å². The standard InChI is InChI=1S/C24H28N6OS/c1-16-17(2)32-24-22(16)23(27-21(28-24)15-30-7-9-31-10-8-30)25-12-18-5-4-6-19(11-18)20-13-26-29(3)14-20/h4-6,11,13-14H,7-10,12,15H2,1-3H3,(H,25,27,28). The number of anilines is 1. The van der Waals surface area contributed by atoms with Crippen LogP contribution in [0.3, 0.4) is 0 Å². The average molecular weight is 449 g/mol. The van der Waals surface area contributed by atoms with E-state index in [-0.39, 0.29) is 0 Å². The van der Waals surface area contributed by atoms with Crippen LogP contribution in [0.4, 0.5) is 5.82 Å². The molecule has 1 fully saturated rings. The lowest BCUT2D eigenvalue weighted by molar-refractivity contribution is 0.0331. The number of nitrogens with zero attached hydrogens (tertiary/aromatic N) is 5. The molecule has 166 valence electrons. The summed E-state index contributed by atoms with van der Waals surface area (Å²) in [6, 6.07) is 8.57. The van der Waals surface area contributed by atoms with Crippen molar-refractivity contribution in [3.8, 4) is 11.1 Å². The van der Waals surface area contributed by atoms with Crippen LogP contribution in [-0.4, -0.2) is 51.0 Å². The van der Waals surface area contributed by atoms with Gasteiger partial charge in [-0.2, -0.15) is 5.10 Å². The molecule has 7 nitrogen and oxygen atoms in total. The first-order valence-corrected chi connectivity index (χ1v) is 11.8. The van der Waals surface area contributed by atoms with E-state index in [4.69, 9.17) is 14.7 Å². The molecule has 1 N–H and O–H groups in total. The second-order valence-corrected chi connectivity index (χ2v) is 9.50. The Bertz CT molecular complexity index is 1240. The van der Waals surface area contributed by atoms with Crippen molar-refractivity contribution in [2.75, 3.05) is 31.6 Å². The smallest absolute Gasteiger partial charge is 0.146 e. The van der Waals surface area contributed by atoms with Gasteiger partial charge in [-0.1, -0.05) is 18.2 Å². The van der Waals surface area contributed by atoms with Crippen molar-refractivity contribution >= 4 is 27.4 Å². The fourth-order valence-corrected chi connectivity index (χ4v) is 5.12. The molecule has 0 saturated carbocycles. The summed E-state index contributed by atoms with van der Waals surface area (Å²) in [4.78, 5) is 14.6. The first-order chi connectivity index (χ1) is 15.6. The van der Waals surface area contributed by atoms with Crippen LogP contribution in [0, 0.1) is 13.8 Å². The molecule has 0 radical (unpaired) electrons. The minimum atomic E-state index is 0.700. The lowest BCUT2D eigenvalue weighted by atomic mass is 10.1. The van der Waals surface area contributed by atoms with Crippen LogP contribution in [0.5, 0.6) is 0 Å². The van der Waals surface area contributed by atoms with Crippen LogP contribution >= 0.6 is 11.3 Å². The maximum atomic E-state index is 5.48. The van der Waals surface area contributed by atoms with Crippen molar-refractivity contribution < 1.29 is 4.74 Å². The monoisotopic (exact) mass is 448 g/mol. The van der Waals surface area contributed by atoms with Crippen molar-refractivity contribution in [1.82, 2.24) is 24.6 Å². The Labute approximate surface area is 192 Å². The third kappa shape index (κ3) is 4.39. The van der Waals surface area contributed by atoms with E-state index < -0.39 is 0 Å². The highest BCUT2D eigenvalue weighted by Crippen LogP contribution is 2.34. The highest BCUT2D eigenvalue weighted by Gasteiger charge is 2.17. The summed E-state index contributed by atoms with van der Waals surface area (Å²) in [7, 11) is 1.94. The van der Waals surface area contributed by atoms with Gasteiger partial charge in [0.2, 0.25) is 0 Å². The predicted molar refractivity (Wildman–Crippen MR) is 129 cm³/mol. The summed E-state index contributed by atoms with van der Waals surface area (Å²) < 4.78 is 7.31. The lowest BCUT2D eigenvalue weighted by Gasteiger charge is -2.25. The number of morpholine rings is 1. The molecular weight excluding hydrogens is 420 g/mol. The van der Waals surface area contributed by atoms with Crippen LogP contribution < -0.4 is 5.32 Å². The molecule has 32 heavy (non-hydrogen) atoms. The number of aromatic nitrogens is 4. The van der Waals surface area contributed by atoms with E-state index in [0.717, 1.165) is 60.3 Å². The van der Waals surface area contributed by atoms with Crippen LogP contribution in [-0.2, 0) is 24.9 Å². The average Bonchev–Trinajstić information content (AvgIpc) is 3.36. The summed E-state index contributed by atoms with van der Waals surface area (Å²) in [5.41, 5.74) is 4.75. The molecule has 0 aliphatic carbocycles. The van der Waals surface area contributed by atoms with E-state index in [2.05, 4.69) is 53.4 Å². The molecule has 0 spiro atoms. The second-order valence-electron chi connectivity index (χ2n) is 8.30. The Kier molecular flexibility index (Phi) is 5.91. The minimum Gasteiger partial charge on any atom is -0.379 e.